The van der Waals surface area contributed by atoms with Crippen LogP contribution in [0.25, 0.3) is 0 Å². The van der Waals surface area contributed by atoms with E-state index in [0.717, 1.165) is 24.8 Å². The molecular formula is C21H23N3O3S. The van der Waals surface area contributed by atoms with Gasteiger partial charge in [-0.2, -0.15) is 5.26 Å². The van der Waals surface area contributed by atoms with E-state index < -0.39 is 10.0 Å². The van der Waals surface area contributed by atoms with Crippen molar-refractivity contribution in [1.82, 2.24) is 9.62 Å². The van der Waals surface area contributed by atoms with Gasteiger partial charge in [0.05, 0.1) is 16.5 Å². The number of sulfonamides is 1. The third-order valence-corrected chi connectivity index (χ3v) is 6.08. The van der Waals surface area contributed by atoms with Crippen LogP contribution in [-0.2, 0) is 16.6 Å². The Balaban J connectivity index is 1.74. The molecule has 0 aromatic heterocycles. The zero-order chi connectivity index (χ0) is 20.1. The summed E-state index contributed by atoms with van der Waals surface area (Å²) in [5, 5.41) is 8.90. The van der Waals surface area contributed by atoms with Crippen LogP contribution in [0.4, 0.5) is 0 Å². The van der Waals surface area contributed by atoms with Crippen molar-refractivity contribution >= 4 is 15.9 Å². The van der Waals surface area contributed by atoms with E-state index in [1.165, 1.54) is 12.1 Å². The van der Waals surface area contributed by atoms with E-state index in [2.05, 4.69) is 10.8 Å². The van der Waals surface area contributed by atoms with E-state index in [1.54, 1.807) is 29.2 Å². The summed E-state index contributed by atoms with van der Waals surface area (Å²) >= 11 is 0. The molecule has 0 radical (unpaired) electrons. The lowest BCUT2D eigenvalue weighted by molar-refractivity contribution is 0.0743. The molecule has 1 aliphatic rings. The second-order valence-corrected chi connectivity index (χ2v) is 8.67. The third kappa shape index (κ3) is 4.97. The highest BCUT2D eigenvalue weighted by molar-refractivity contribution is 7.89. The zero-order valence-corrected chi connectivity index (χ0v) is 16.6. The molecule has 3 rings (SSSR count). The maximum atomic E-state index is 12.9. The minimum Gasteiger partial charge on any atom is -0.334 e. The highest BCUT2D eigenvalue weighted by atomic mass is 32.2. The quantitative estimate of drug-likeness (QED) is 0.741. The monoisotopic (exact) mass is 397 g/mol. The molecule has 146 valence electrons. The van der Waals surface area contributed by atoms with E-state index in [-0.39, 0.29) is 16.8 Å². The summed E-state index contributed by atoms with van der Waals surface area (Å²) in [6.07, 6.45) is 2.55. The van der Waals surface area contributed by atoms with Gasteiger partial charge in [0.1, 0.15) is 0 Å². The van der Waals surface area contributed by atoms with Gasteiger partial charge in [-0.15, -0.1) is 0 Å². The lowest BCUT2D eigenvalue weighted by Gasteiger charge is -2.22. The Labute approximate surface area is 165 Å². The number of carbonyl (C=O) groups excluding carboxylic acids is 1. The molecule has 2 aromatic rings. The number of benzene rings is 2. The molecule has 0 spiro atoms. The maximum Gasteiger partial charge on any atom is 0.254 e. The van der Waals surface area contributed by atoms with Gasteiger partial charge in [-0.3, -0.25) is 4.79 Å². The topological polar surface area (TPSA) is 90.3 Å². The average Bonchev–Trinajstić information content (AvgIpc) is 3.51. The first-order valence-corrected chi connectivity index (χ1v) is 10.8. The number of hydrogen-bond donors (Lipinski definition) is 1. The molecule has 0 unspecified atom stereocenters. The summed E-state index contributed by atoms with van der Waals surface area (Å²) in [5.74, 6) is -0.148. The smallest absolute Gasteiger partial charge is 0.254 e. The van der Waals surface area contributed by atoms with E-state index >= 15 is 0 Å². The Morgan fingerprint density at radius 3 is 2.32 bits per heavy atom. The fourth-order valence-corrected chi connectivity index (χ4v) is 4.18. The van der Waals surface area contributed by atoms with Crippen LogP contribution in [-0.4, -0.2) is 31.8 Å². The van der Waals surface area contributed by atoms with Crippen LogP contribution >= 0.6 is 0 Å². The number of nitrogens with zero attached hydrogens (tertiary/aromatic N) is 2. The Bertz CT molecular complexity index is 973. The van der Waals surface area contributed by atoms with Crippen LogP contribution < -0.4 is 4.72 Å². The highest BCUT2D eigenvalue weighted by Gasteiger charge is 2.28. The van der Waals surface area contributed by atoms with Crippen LogP contribution in [0.3, 0.4) is 0 Å². The van der Waals surface area contributed by atoms with Gasteiger partial charge in [0, 0.05) is 24.7 Å². The number of nitrogens with one attached hydrogen (secondary N) is 1. The number of hydrogen-bond acceptors (Lipinski definition) is 4. The molecule has 1 aliphatic carbocycles. The van der Waals surface area contributed by atoms with E-state index in [9.17, 15) is 13.2 Å². The van der Waals surface area contributed by atoms with Crippen LogP contribution in [0.15, 0.2) is 53.4 Å². The fraction of sp³-hybridized carbons (Fsp3) is 0.333. The maximum absolute atomic E-state index is 12.9. The second kappa shape index (κ2) is 8.55. The van der Waals surface area contributed by atoms with E-state index in [0.29, 0.717) is 24.2 Å². The lowest BCUT2D eigenvalue weighted by atomic mass is 10.1. The van der Waals surface area contributed by atoms with Crippen molar-refractivity contribution in [2.75, 3.05) is 6.54 Å². The summed E-state index contributed by atoms with van der Waals surface area (Å²) < 4.78 is 27.2. The Hall–Kier alpha value is -2.69. The van der Waals surface area contributed by atoms with Crippen LogP contribution in [0.5, 0.6) is 0 Å². The zero-order valence-electron chi connectivity index (χ0n) is 15.8. The second-order valence-electron chi connectivity index (χ2n) is 6.96. The molecule has 0 bridgehead atoms. The van der Waals surface area contributed by atoms with Crippen molar-refractivity contribution in [3.63, 3.8) is 0 Å². The molecule has 0 heterocycles. The standard InChI is InChI=1S/C21H23N3O3S/c1-2-13-24(15-17-5-3-16(14-22)4-6-17)21(25)18-7-11-20(12-8-18)28(26,27)23-19-9-10-19/h3-8,11-12,19,23H,2,9-10,13,15H2,1H3. The van der Waals surface area contributed by atoms with Crippen molar-refractivity contribution < 1.29 is 13.2 Å². The summed E-state index contributed by atoms with van der Waals surface area (Å²) in [6, 6.07) is 15.3. The van der Waals surface area contributed by atoms with Crippen molar-refractivity contribution in [3.8, 4) is 6.07 Å². The minimum atomic E-state index is -3.53. The molecule has 1 N–H and O–H groups in total. The number of rotatable bonds is 8. The Morgan fingerprint density at radius 1 is 1.14 bits per heavy atom. The Kier molecular flexibility index (Phi) is 6.12. The third-order valence-electron chi connectivity index (χ3n) is 4.55. The molecule has 0 aliphatic heterocycles. The molecule has 7 heteroatoms. The summed E-state index contributed by atoms with van der Waals surface area (Å²) in [7, 11) is -3.53. The molecular weight excluding hydrogens is 374 g/mol. The average molecular weight is 398 g/mol. The van der Waals surface area contributed by atoms with Crippen molar-refractivity contribution in [3.05, 3.63) is 65.2 Å². The fourth-order valence-electron chi connectivity index (χ4n) is 2.88. The molecule has 0 atom stereocenters. The molecule has 1 saturated carbocycles. The molecule has 1 fully saturated rings. The van der Waals surface area contributed by atoms with Gasteiger partial charge in [-0.25, -0.2) is 13.1 Å². The highest BCUT2D eigenvalue weighted by Crippen LogP contribution is 2.22. The Morgan fingerprint density at radius 2 is 1.79 bits per heavy atom. The first-order chi connectivity index (χ1) is 13.4. The minimum absolute atomic E-state index is 0.0405. The van der Waals surface area contributed by atoms with Gasteiger partial charge < -0.3 is 4.90 Å². The molecule has 6 nitrogen and oxygen atoms in total. The largest absolute Gasteiger partial charge is 0.334 e. The number of nitriles is 1. The number of carbonyl (C=O) groups is 1. The van der Waals surface area contributed by atoms with Crippen molar-refractivity contribution in [1.29, 1.82) is 5.26 Å². The van der Waals surface area contributed by atoms with Crippen molar-refractivity contribution in [2.24, 2.45) is 0 Å². The summed E-state index contributed by atoms with van der Waals surface area (Å²) in [4.78, 5) is 14.8. The predicted molar refractivity (Wildman–Crippen MR) is 106 cm³/mol. The van der Waals surface area contributed by atoms with Gasteiger partial charge in [0.25, 0.3) is 5.91 Å². The summed E-state index contributed by atoms with van der Waals surface area (Å²) in [5.41, 5.74) is 1.97. The first-order valence-electron chi connectivity index (χ1n) is 9.33. The normalized spacial score (nSPS) is 13.7. The summed E-state index contributed by atoms with van der Waals surface area (Å²) in [6.45, 7) is 3.02. The van der Waals surface area contributed by atoms with Crippen LogP contribution in [0, 0.1) is 11.3 Å². The number of amides is 1. The predicted octanol–water partition coefficient (Wildman–Crippen LogP) is 3.05. The van der Waals surface area contributed by atoms with Gasteiger partial charge >= 0.3 is 0 Å². The SMILES string of the molecule is CCCN(Cc1ccc(C#N)cc1)C(=O)c1ccc(S(=O)(=O)NC2CC2)cc1. The molecule has 28 heavy (non-hydrogen) atoms. The molecule has 2 aromatic carbocycles. The van der Waals surface area contributed by atoms with Gasteiger partial charge in [-0.1, -0.05) is 19.1 Å². The molecule has 0 saturated heterocycles. The lowest BCUT2D eigenvalue weighted by Crippen LogP contribution is -2.31. The van der Waals surface area contributed by atoms with Gasteiger partial charge in [0.2, 0.25) is 10.0 Å². The van der Waals surface area contributed by atoms with Crippen LogP contribution in [0.2, 0.25) is 0 Å². The van der Waals surface area contributed by atoms with E-state index in [4.69, 9.17) is 5.26 Å². The van der Waals surface area contributed by atoms with Crippen LogP contribution in [0.1, 0.15) is 47.7 Å². The first kappa shape index (κ1) is 20.1. The van der Waals surface area contributed by atoms with Gasteiger partial charge in [-0.05, 0) is 61.2 Å². The molecule has 1 amide bonds. The van der Waals surface area contributed by atoms with Gasteiger partial charge in [0.15, 0.2) is 0 Å². The van der Waals surface area contributed by atoms with Crippen molar-refractivity contribution in [2.45, 2.75) is 43.7 Å². The van der Waals surface area contributed by atoms with E-state index in [1.807, 2.05) is 19.1 Å².